The molecule has 0 fully saturated rings. The van der Waals surface area contributed by atoms with E-state index in [0.717, 1.165) is 22.6 Å². The Bertz CT molecular complexity index is 1070. The number of nitrogens with one attached hydrogen (secondary N) is 2. The van der Waals surface area contributed by atoms with Crippen molar-refractivity contribution in [2.24, 2.45) is 0 Å². The molecule has 3 heterocycles. The van der Waals surface area contributed by atoms with Gasteiger partial charge in [-0.15, -0.1) is 0 Å². The van der Waals surface area contributed by atoms with Gasteiger partial charge in [-0.3, -0.25) is 9.89 Å². The molecular formula is C19H17N5O3S. The number of hydrogen-bond donors (Lipinski definition) is 2. The minimum absolute atomic E-state index is 0.187. The van der Waals surface area contributed by atoms with Crippen LogP contribution in [-0.2, 0) is 11.2 Å². The van der Waals surface area contributed by atoms with Gasteiger partial charge in [0, 0.05) is 35.4 Å². The minimum Gasteiger partial charge on any atom is -0.496 e. The molecule has 0 aliphatic carbocycles. The van der Waals surface area contributed by atoms with Crippen LogP contribution in [0, 0.1) is 0 Å². The van der Waals surface area contributed by atoms with Crippen LogP contribution in [0.1, 0.15) is 12.3 Å². The number of nitrogens with zero attached hydrogens (tertiary/aromatic N) is 3. The molecule has 0 saturated heterocycles. The molecule has 9 heteroatoms. The molecular weight excluding hydrogens is 378 g/mol. The number of aromatic amines is 1. The van der Waals surface area contributed by atoms with Gasteiger partial charge in [0.1, 0.15) is 5.75 Å². The summed E-state index contributed by atoms with van der Waals surface area (Å²) in [5.41, 5.74) is 2.53. The van der Waals surface area contributed by atoms with Gasteiger partial charge in [0.15, 0.2) is 5.82 Å². The van der Waals surface area contributed by atoms with Crippen LogP contribution < -0.4 is 10.1 Å². The van der Waals surface area contributed by atoms with E-state index < -0.39 is 0 Å². The Balaban J connectivity index is 1.35. The summed E-state index contributed by atoms with van der Waals surface area (Å²) in [7, 11) is 1.61. The second-order valence-electron chi connectivity index (χ2n) is 5.94. The van der Waals surface area contributed by atoms with Crippen molar-refractivity contribution < 1.29 is 14.1 Å². The lowest BCUT2D eigenvalue weighted by Gasteiger charge is -2.05. The number of hydrogen-bond acceptors (Lipinski definition) is 7. The molecule has 1 amide bonds. The number of rotatable bonds is 7. The number of thiophene rings is 1. The smallest absolute Gasteiger partial charge is 0.227 e. The lowest BCUT2D eigenvalue weighted by Crippen LogP contribution is -2.12. The van der Waals surface area contributed by atoms with Crippen molar-refractivity contribution in [2.45, 2.75) is 12.8 Å². The molecule has 0 unspecified atom stereocenters. The predicted molar refractivity (Wildman–Crippen MR) is 105 cm³/mol. The predicted octanol–water partition coefficient (Wildman–Crippen LogP) is 3.77. The maximum Gasteiger partial charge on any atom is 0.227 e. The van der Waals surface area contributed by atoms with Crippen LogP contribution in [0.3, 0.4) is 0 Å². The summed E-state index contributed by atoms with van der Waals surface area (Å²) in [6.45, 7) is 0. The maximum absolute atomic E-state index is 12.2. The van der Waals surface area contributed by atoms with Crippen LogP contribution >= 0.6 is 11.3 Å². The molecule has 0 saturated carbocycles. The van der Waals surface area contributed by atoms with Crippen molar-refractivity contribution >= 4 is 23.1 Å². The second kappa shape index (κ2) is 8.05. The molecule has 3 aromatic heterocycles. The summed E-state index contributed by atoms with van der Waals surface area (Å²) < 4.78 is 10.6. The lowest BCUT2D eigenvalue weighted by atomic mass is 10.1. The normalized spacial score (nSPS) is 10.8. The maximum atomic E-state index is 12.2. The van der Waals surface area contributed by atoms with Gasteiger partial charge in [-0.25, -0.2) is 0 Å². The molecule has 0 bridgehead atoms. The van der Waals surface area contributed by atoms with Gasteiger partial charge in [0.05, 0.1) is 12.8 Å². The summed E-state index contributed by atoms with van der Waals surface area (Å²) in [5, 5.41) is 17.6. The quantitative estimate of drug-likeness (QED) is 0.493. The molecule has 4 rings (SSSR count). The van der Waals surface area contributed by atoms with Gasteiger partial charge in [0.25, 0.3) is 0 Å². The largest absolute Gasteiger partial charge is 0.496 e. The SMILES string of the molecule is COc1ccccc1-c1cc(NC(=O)CCc2nc(-c3ccsc3)no2)n[nH]1. The van der Waals surface area contributed by atoms with Crippen molar-refractivity contribution in [3.63, 3.8) is 0 Å². The molecule has 0 aliphatic rings. The fraction of sp³-hybridized carbons (Fsp3) is 0.158. The molecule has 0 spiro atoms. The van der Waals surface area contributed by atoms with Crippen LogP contribution in [0.5, 0.6) is 5.75 Å². The van der Waals surface area contributed by atoms with Gasteiger partial charge in [-0.2, -0.15) is 21.4 Å². The van der Waals surface area contributed by atoms with Crippen LogP contribution in [0.2, 0.25) is 0 Å². The zero-order valence-electron chi connectivity index (χ0n) is 15.0. The first-order valence-electron chi connectivity index (χ1n) is 8.57. The first-order valence-corrected chi connectivity index (χ1v) is 9.51. The molecule has 8 nitrogen and oxygen atoms in total. The van der Waals surface area contributed by atoms with E-state index in [2.05, 4.69) is 25.7 Å². The minimum atomic E-state index is -0.187. The summed E-state index contributed by atoms with van der Waals surface area (Å²) in [5.74, 6) is 1.93. The zero-order valence-corrected chi connectivity index (χ0v) is 15.8. The van der Waals surface area contributed by atoms with Gasteiger partial charge in [-0.05, 0) is 23.6 Å². The Hall–Kier alpha value is -3.46. The lowest BCUT2D eigenvalue weighted by molar-refractivity contribution is -0.116. The summed E-state index contributed by atoms with van der Waals surface area (Å²) in [6.07, 6.45) is 0.564. The van der Waals surface area contributed by atoms with E-state index in [4.69, 9.17) is 9.26 Å². The van der Waals surface area contributed by atoms with Gasteiger partial charge >= 0.3 is 0 Å². The van der Waals surface area contributed by atoms with Crippen LogP contribution in [-0.4, -0.2) is 33.4 Å². The number of carbonyl (C=O) groups excluding carboxylic acids is 1. The first-order chi connectivity index (χ1) is 13.7. The third kappa shape index (κ3) is 3.94. The van der Waals surface area contributed by atoms with E-state index in [9.17, 15) is 4.79 Å². The summed E-state index contributed by atoms with van der Waals surface area (Å²) in [6, 6.07) is 11.3. The number of anilines is 1. The van der Waals surface area contributed by atoms with E-state index in [-0.39, 0.29) is 12.3 Å². The average molecular weight is 395 g/mol. The number of H-pyrrole nitrogens is 1. The van der Waals surface area contributed by atoms with Crippen LogP contribution in [0.25, 0.3) is 22.6 Å². The summed E-state index contributed by atoms with van der Waals surface area (Å²) in [4.78, 5) is 16.5. The number of aryl methyl sites for hydroxylation is 1. The molecule has 0 aliphatic heterocycles. The molecule has 1 aromatic carbocycles. The number of amides is 1. The number of ether oxygens (including phenoxy) is 1. The van der Waals surface area contributed by atoms with E-state index in [0.29, 0.717) is 24.0 Å². The first kappa shape index (κ1) is 17.9. The van der Waals surface area contributed by atoms with Gasteiger partial charge < -0.3 is 14.6 Å². The van der Waals surface area contributed by atoms with Crippen molar-refractivity contribution in [1.82, 2.24) is 20.3 Å². The highest BCUT2D eigenvalue weighted by molar-refractivity contribution is 7.08. The highest BCUT2D eigenvalue weighted by atomic mass is 32.1. The standard InChI is InChI=1S/C19H17N5O3S/c1-26-15-5-3-2-4-13(15)14-10-16(23-22-14)20-17(25)6-7-18-21-19(24-27-18)12-8-9-28-11-12/h2-5,8-11H,6-7H2,1H3,(H2,20,22,23,25). The Morgan fingerprint density at radius 1 is 1.32 bits per heavy atom. The van der Waals surface area contributed by atoms with E-state index in [1.807, 2.05) is 41.1 Å². The number of aromatic nitrogens is 4. The van der Waals surface area contributed by atoms with Gasteiger partial charge in [-0.1, -0.05) is 17.3 Å². The fourth-order valence-corrected chi connectivity index (χ4v) is 3.32. The van der Waals surface area contributed by atoms with Crippen molar-refractivity contribution in [2.75, 3.05) is 12.4 Å². The van der Waals surface area contributed by atoms with Gasteiger partial charge in [0.2, 0.25) is 17.6 Å². The van der Waals surface area contributed by atoms with Crippen LogP contribution in [0.4, 0.5) is 5.82 Å². The van der Waals surface area contributed by atoms with Crippen molar-refractivity contribution in [3.8, 4) is 28.4 Å². The number of para-hydroxylation sites is 1. The third-order valence-electron chi connectivity index (χ3n) is 4.06. The molecule has 142 valence electrons. The number of methoxy groups -OCH3 is 1. The number of benzene rings is 1. The fourth-order valence-electron chi connectivity index (χ4n) is 2.68. The monoisotopic (exact) mass is 395 g/mol. The molecule has 0 radical (unpaired) electrons. The Morgan fingerprint density at radius 2 is 2.21 bits per heavy atom. The summed E-state index contributed by atoms with van der Waals surface area (Å²) >= 11 is 1.56. The van der Waals surface area contributed by atoms with E-state index in [1.165, 1.54) is 0 Å². The Morgan fingerprint density at radius 3 is 3.04 bits per heavy atom. The Kier molecular flexibility index (Phi) is 5.16. The Labute approximate surface area is 164 Å². The second-order valence-corrected chi connectivity index (χ2v) is 6.72. The molecule has 2 N–H and O–H groups in total. The van der Waals surface area contributed by atoms with Crippen molar-refractivity contribution in [1.29, 1.82) is 0 Å². The van der Waals surface area contributed by atoms with Crippen LogP contribution in [0.15, 0.2) is 51.7 Å². The third-order valence-corrected chi connectivity index (χ3v) is 4.74. The average Bonchev–Trinajstić information content (AvgIpc) is 3.47. The molecule has 28 heavy (non-hydrogen) atoms. The topological polar surface area (TPSA) is 106 Å². The van der Waals surface area contributed by atoms with E-state index >= 15 is 0 Å². The highest BCUT2D eigenvalue weighted by Gasteiger charge is 2.13. The van der Waals surface area contributed by atoms with Crippen molar-refractivity contribution in [3.05, 3.63) is 53.0 Å². The molecule has 0 atom stereocenters. The van der Waals surface area contributed by atoms with E-state index in [1.54, 1.807) is 24.5 Å². The zero-order chi connectivity index (χ0) is 19.3. The highest BCUT2D eigenvalue weighted by Crippen LogP contribution is 2.29. The molecule has 4 aromatic rings. The number of carbonyl (C=O) groups is 1.